The predicted molar refractivity (Wildman–Crippen MR) is 81.2 cm³/mol. The molecule has 0 atom stereocenters. The molecule has 20 heavy (non-hydrogen) atoms. The van der Waals surface area contributed by atoms with Crippen molar-refractivity contribution in [2.24, 2.45) is 7.05 Å². The molecule has 0 aliphatic heterocycles. The highest BCUT2D eigenvalue weighted by atomic mass is 32.2. The van der Waals surface area contributed by atoms with Crippen LogP contribution < -0.4 is 0 Å². The average Bonchev–Trinajstić information content (AvgIpc) is 2.99. The third kappa shape index (κ3) is 2.88. The highest BCUT2D eigenvalue weighted by Crippen LogP contribution is 2.31. The van der Waals surface area contributed by atoms with Gasteiger partial charge in [-0.25, -0.2) is 0 Å². The van der Waals surface area contributed by atoms with Crippen LogP contribution in [-0.2, 0) is 23.0 Å². The molecule has 0 radical (unpaired) electrons. The minimum Gasteiger partial charge on any atom is -0.468 e. The van der Waals surface area contributed by atoms with Gasteiger partial charge >= 0.3 is 5.97 Å². The van der Waals surface area contributed by atoms with Gasteiger partial charge in [-0.15, -0.1) is 21.5 Å². The number of nitrogens with zero attached hydrogens (tertiary/aromatic N) is 3. The van der Waals surface area contributed by atoms with Crippen LogP contribution in [0.3, 0.4) is 0 Å². The van der Waals surface area contributed by atoms with E-state index in [0.717, 1.165) is 23.0 Å². The van der Waals surface area contributed by atoms with E-state index in [4.69, 9.17) is 0 Å². The largest absolute Gasteiger partial charge is 0.468 e. The maximum absolute atomic E-state index is 11.2. The van der Waals surface area contributed by atoms with Gasteiger partial charge in [0.05, 0.1) is 12.9 Å². The van der Waals surface area contributed by atoms with Crippen molar-refractivity contribution in [2.45, 2.75) is 25.4 Å². The third-order valence-electron chi connectivity index (χ3n) is 3.08. The van der Waals surface area contributed by atoms with Gasteiger partial charge in [0, 0.05) is 22.9 Å². The normalized spacial score (nSPS) is 10.8. The number of thioether (sulfide) groups is 1. The molecule has 0 amide bonds. The Bertz CT molecular complexity index is 619. The number of carbonyl (C=O) groups excluding carboxylic acids is 1. The van der Waals surface area contributed by atoms with E-state index in [1.165, 1.54) is 29.3 Å². The van der Waals surface area contributed by atoms with E-state index in [1.807, 2.05) is 11.6 Å². The quantitative estimate of drug-likeness (QED) is 0.627. The molecule has 0 bridgehead atoms. The van der Waals surface area contributed by atoms with E-state index in [0.29, 0.717) is 0 Å². The minimum atomic E-state index is -0.264. The molecule has 0 saturated carbocycles. The second-order valence-electron chi connectivity index (χ2n) is 4.27. The molecule has 2 rings (SSSR count). The Hall–Kier alpha value is -1.34. The van der Waals surface area contributed by atoms with Gasteiger partial charge in [-0.2, -0.15) is 0 Å². The molecular formula is C13H17N3O2S2. The Morgan fingerprint density at radius 3 is 2.90 bits per heavy atom. The first-order valence-corrected chi connectivity index (χ1v) is 8.11. The smallest absolute Gasteiger partial charge is 0.316 e. The molecule has 0 aromatic carbocycles. The number of esters is 1. The summed E-state index contributed by atoms with van der Waals surface area (Å²) >= 11 is 3.06. The van der Waals surface area contributed by atoms with Gasteiger partial charge in [0.25, 0.3) is 0 Å². The van der Waals surface area contributed by atoms with Crippen molar-refractivity contribution in [1.82, 2.24) is 14.8 Å². The zero-order chi connectivity index (χ0) is 14.7. The van der Waals surface area contributed by atoms with Crippen molar-refractivity contribution in [3.8, 4) is 11.4 Å². The molecule has 0 saturated heterocycles. The highest BCUT2D eigenvalue weighted by molar-refractivity contribution is 7.99. The van der Waals surface area contributed by atoms with Crippen LogP contribution in [0.4, 0.5) is 0 Å². The molecule has 108 valence electrons. The summed E-state index contributed by atoms with van der Waals surface area (Å²) in [5, 5.41) is 11.3. The van der Waals surface area contributed by atoms with Gasteiger partial charge in [-0.1, -0.05) is 18.7 Å². The second kappa shape index (κ2) is 6.41. The number of ether oxygens (including phenoxy) is 1. The van der Waals surface area contributed by atoms with Crippen molar-refractivity contribution in [2.75, 3.05) is 12.9 Å². The molecule has 0 spiro atoms. The Morgan fingerprint density at radius 1 is 1.50 bits per heavy atom. The Morgan fingerprint density at radius 2 is 2.25 bits per heavy atom. The van der Waals surface area contributed by atoms with Crippen LogP contribution in [0.1, 0.15) is 17.4 Å². The summed E-state index contributed by atoms with van der Waals surface area (Å²) in [5.41, 5.74) is 2.45. The van der Waals surface area contributed by atoms with Crippen LogP contribution in [0, 0.1) is 6.92 Å². The predicted octanol–water partition coefficient (Wildman–Crippen LogP) is 2.68. The fourth-order valence-corrected chi connectivity index (χ4v) is 3.65. The first-order valence-electron chi connectivity index (χ1n) is 6.24. The van der Waals surface area contributed by atoms with Gasteiger partial charge < -0.3 is 9.30 Å². The topological polar surface area (TPSA) is 57.0 Å². The molecule has 5 nitrogen and oxygen atoms in total. The van der Waals surface area contributed by atoms with Crippen LogP contribution in [0.15, 0.2) is 10.5 Å². The van der Waals surface area contributed by atoms with Gasteiger partial charge in [-0.05, 0) is 18.9 Å². The highest BCUT2D eigenvalue weighted by Gasteiger charge is 2.17. The van der Waals surface area contributed by atoms with Crippen LogP contribution in [0.25, 0.3) is 11.4 Å². The van der Waals surface area contributed by atoms with E-state index in [2.05, 4.69) is 34.2 Å². The van der Waals surface area contributed by atoms with Gasteiger partial charge in [0.1, 0.15) is 0 Å². The average molecular weight is 311 g/mol. The Kier molecular flexibility index (Phi) is 4.82. The number of hydrogen-bond donors (Lipinski definition) is 0. The van der Waals surface area contributed by atoms with Crippen molar-refractivity contribution in [3.05, 3.63) is 15.8 Å². The number of carbonyl (C=O) groups is 1. The molecule has 2 aromatic heterocycles. The van der Waals surface area contributed by atoms with Crippen LogP contribution >= 0.6 is 23.1 Å². The minimum absolute atomic E-state index is 0.242. The molecule has 0 fully saturated rings. The molecule has 0 N–H and O–H groups in total. The van der Waals surface area contributed by atoms with Crippen LogP contribution in [0.5, 0.6) is 0 Å². The zero-order valence-electron chi connectivity index (χ0n) is 12.0. The fourth-order valence-electron chi connectivity index (χ4n) is 1.96. The summed E-state index contributed by atoms with van der Waals surface area (Å²) in [4.78, 5) is 12.5. The number of hydrogen-bond acceptors (Lipinski definition) is 6. The molecule has 2 heterocycles. The summed E-state index contributed by atoms with van der Waals surface area (Å²) in [6.45, 7) is 4.26. The fraction of sp³-hybridized carbons (Fsp3) is 0.462. The summed E-state index contributed by atoms with van der Waals surface area (Å²) in [6.07, 6.45) is 0.974. The lowest BCUT2D eigenvalue weighted by molar-refractivity contribution is -0.137. The second-order valence-corrected chi connectivity index (χ2v) is 6.29. The maximum Gasteiger partial charge on any atom is 0.316 e. The maximum atomic E-state index is 11.2. The first-order chi connectivity index (χ1) is 9.58. The van der Waals surface area contributed by atoms with E-state index >= 15 is 0 Å². The van der Waals surface area contributed by atoms with Crippen LogP contribution in [-0.4, -0.2) is 33.6 Å². The lowest BCUT2D eigenvalue weighted by Gasteiger charge is -2.04. The van der Waals surface area contributed by atoms with Crippen LogP contribution in [0.2, 0.25) is 0 Å². The number of methoxy groups -OCH3 is 1. The SMILES string of the molecule is CCc1c(-c2nnc(SCC(=O)OC)n2C)csc1C. The monoisotopic (exact) mass is 311 g/mol. The number of rotatable bonds is 5. The van der Waals surface area contributed by atoms with Gasteiger partial charge in [0.2, 0.25) is 0 Å². The van der Waals surface area contributed by atoms with Crippen molar-refractivity contribution in [3.63, 3.8) is 0 Å². The summed E-state index contributed by atoms with van der Waals surface area (Å²) in [6, 6.07) is 0. The van der Waals surface area contributed by atoms with Gasteiger partial charge in [0.15, 0.2) is 11.0 Å². The summed E-state index contributed by atoms with van der Waals surface area (Å²) in [7, 11) is 3.30. The lowest BCUT2D eigenvalue weighted by Crippen LogP contribution is -2.04. The summed E-state index contributed by atoms with van der Waals surface area (Å²) in [5.74, 6) is 0.824. The van der Waals surface area contributed by atoms with Crippen molar-refractivity contribution < 1.29 is 9.53 Å². The number of aryl methyl sites for hydroxylation is 1. The van der Waals surface area contributed by atoms with Gasteiger partial charge in [-0.3, -0.25) is 4.79 Å². The Balaban J connectivity index is 2.26. The van der Waals surface area contributed by atoms with E-state index in [1.54, 1.807) is 11.3 Å². The molecule has 7 heteroatoms. The number of aromatic nitrogens is 3. The van der Waals surface area contributed by atoms with E-state index in [-0.39, 0.29) is 11.7 Å². The number of thiophene rings is 1. The molecule has 0 aliphatic carbocycles. The zero-order valence-corrected chi connectivity index (χ0v) is 13.6. The molecule has 0 unspecified atom stereocenters. The lowest BCUT2D eigenvalue weighted by atomic mass is 10.1. The molecule has 0 aliphatic rings. The molecule has 2 aromatic rings. The first kappa shape index (κ1) is 15.1. The standard InChI is InChI=1S/C13H17N3O2S2/c1-5-9-8(2)19-6-10(9)12-14-15-13(16(12)3)20-7-11(17)18-4/h6H,5,7H2,1-4H3. The van der Waals surface area contributed by atoms with E-state index < -0.39 is 0 Å². The van der Waals surface area contributed by atoms with Crippen molar-refractivity contribution in [1.29, 1.82) is 0 Å². The van der Waals surface area contributed by atoms with E-state index in [9.17, 15) is 4.79 Å². The summed E-state index contributed by atoms with van der Waals surface area (Å²) < 4.78 is 6.55. The molecular weight excluding hydrogens is 294 g/mol. The third-order valence-corrected chi connectivity index (χ3v) is 5.03. The Labute approximate surface area is 126 Å². The van der Waals surface area contributed by atoms with Crippen molar-refractivity contribution >= 4 is 29.1 Å².